The lowest BCUT2D eigenvalue weighted by molar-refractivity contribution is 0.298. The first-order chi connectivity index (χ1) is 10.7. The van der Waals surface area contributed by atoms with Gasteiger partial charge < -0.3 is 23.8 Å². The number of nitrogens with zero attached hydrogens (tertiary/aromatic N) is 4. The number of hydrogen-bond acceptors (Lipinski definition) is 7. The molecule has 1 aliphatic heterocycles. The third-order valence-corrected chi connectivity index (χ3v) is 3.83. The number of piperazine rings is 1. The molecule has 2 aromatic rings. The Labute approximate surface area is 129 Å². The highest BCUT2D eigenvalue weighted by Crippen LogP contribution is 2.31. The van der Waals surface area contributed by atoms with Gasteiger partial charge in [0, 0.05) is 31.7 Å². The SMILES string of the molecule is COc1ccc(-c2noc(N3CCN(C)CC3)n2)cc1OC. The maximum atomic E-state index is 5.40. The Morgan fingerprint density at radius 1 is 1.05 bits per heavy atom. The van der Waals surface area contributed by atoms with Crippen molar-refractivity contribution in [2.75, 3.05) is 52.3 Å². The average Bonchev–Trinajstić information content (AvgIpc) is 3.05. The van der Waals surface area contributed by atoms with Crippen LogP contribution in [0.4, 0.5) is 6.01 Å². The number of methoxy groups -OCH3 is 2. The molecule has 0 radical (unpaired) electrons. The maximum absolute atomic E-state index is 5.40. The number of likely N-dealkylation sites (N-methyl/N-ethyl adjacent to an activating group) is 1. The van der Waals surface area contributed by atoms with Gasteiger partial charge in [-0.2, -0.15) is 4.98 Å². The summed E-state index contributed by atoms with van der Waals surface area (Å²) in [5.74, 6) is 1.87. The predicted molar refractivity (Wildman–Crippen MR) is 82.5 cm³/mol. The average molecular weight is 304 g/mol. The molecule has 1 aromatic carbocycles. The lowest BCUT2D eigenvalue weighted by Crippen LogP contribution is -2.44. The second kappa shape index (κ2) is 6.23. The van der Waals surface area contributed by atoms with Crippen molar-refractivity contribution in [3.63, 3.8) is 0 Å². The highest BCUT2D eigenvalue weighted by molar-refractivity contribution is 5.61. The number of hydrogen-bond donors (Lipinski definition) is 0. The molecule has 118 valence electrons. The van der Waals surface area contributed by atoms with Gasteiger partial charge >= 0.3 is 6.01 Å². The van der Waals surface area contributed by atoms with E-state index in [2.05, 4.69) is 27.0 Å². The lowest BCUT2D eigenvalue weighted by Gasteiger charge is -2.30. The largest absolute Gasteiger partial charge is 0.493 e. The van der Waals surface area contributed by atoms with Gasteiger partial charge in [0.25, 0.3) is 0 Å². The number of benzene rings is 1. The van der Waals surface area contributed by atoms with Crippen LogP contribution < -0.4 is 14.4 Å². The molecule has 2 heterocycles. The van der Waals surface area contributed by atoms with Crippen LogP contribution in [-0.4, -0.2) is 62.5 Å². The highest BCUT2D eigenvalue weighted by atomic mass is 16.5. The number of ether oxygens (including phenoxy) is 2. The van der Waals surface area contributed by atoms with E-state index in [1.165, 1.54) is 0 Å². The summed E-state index contributed by atoms with van der Waals surface area (Å²) >= 11 is 0. The molecule has 0 amide bonds. The number of aromatic nitrogens is 2. The van der Waals surface area contributed by atoms with Gasteiger partial charge in [-0.15, -0.1) is 0 Å². The van der Waals surface area contributed by atoms with E-state index < -0.39 is 0 Å². The van der Waals surface area contributed by atoms with Crippen LogP contribution in [0, 0.1) is 0 Å². The van der Waals surface area contributed by atoms with Crippen molar-refractivity contribution in [3.8, 4) is 22.9 Å². The van der Waals surface area contributed by atoms with E-state index in [1.54, 1.807) is 14.2 Å². The summed E-state index contributed by atoms with van der Waals surface area (Å²) in [5.41, 5.74) is 0.835. The molecule has 1 aromatic heterocycles. The van der Waals surface area contributed by atoms with Crippen LogP contribution >= 0.6 is 0 Å². The van der Waals surface area contributed by atoms with E-state index in [1.807, 2.05) is 18.2 Å². The zero-order chi connectivity index (χ0) is 15.5. The van der Waals surface area contributed by atoms with Gasteiger partial charge in [-0.1, -0.05) is 5.16 Å². The summed E-state index contributed by atoms with van der Waals surface area (Å²) in [4.78, 5) is 8.88. The van der Waals surface area contributed by atoms with E-state index in [0.29, 0.717) is 23.3 Å². The Morgan fingerprint density at radius 2 is 1.77 bits per heavy atom. The molecule has 7 nitrogen and oxygen atoms in total. The molecule has 3 rings (SSSR count). The maximum Gasteiger partial charge on any atom is 0.324 e. The van der Waals surface area contributed by atoms with Crippen LogP contribution in [0.5, 0.6) is 11.5 Å². The molecule has 0 atom stereocenters. The topological polar surface area (TPSA) is 63.9 Å². The Balaban J connectivity index is 1.81. The molecule has 22 heavy (non-hydrogen) atoms. The van der Waals surface area contributed by atoms with Crippen molar-refractivity contribution in [3.05, 3.63) is 18.2 Å². The molecular formula is C15H20N4O3. The molecule has 0 bridgehead atoms. The van der Waals surface area contributed by atoms with Gasteiger partial charge in [0.05, 0.1) is 14.2 Å². The van der Waals surface area contributed by atoms with Crippen LogP contribution in [0.15, 0.2) is 22.7 Å². The Morgan fingerprint density at radius 3 is 2.45 bits per heavy atom. The monoisotopic (exact) mass is 304 g/mol. The van der Waals surface area contributed by atoms with E-state index in [-0.39, 0.29) is 0 Å². The molecule has 0 N–H and O–H groups in total. The van der Waals surface area contributed by atoms with E-state index >= 15 is 0 Å². The van der Waals surface area contributed by atoms with Crippen molar-refractivity contribution in [2.24, 2.45) is 0 Å². The summed E-state index contributed by atoms with van der Waals surface area (Å²) < 4.78 is 15.9. The highest BCUT2D eigenvalue weighted by Gasteiger charge is 2.20. The minimum atomic E-state index is 0.551. The molecule has 1 saturated heterocycles. The smallest absolute Gasteiger partial charge is 0.324 e. The van der Waals surface area contributed by atoms with Crippen LogP contribution in [0.3, 0.4) is 0 Å². The normalized spacial score (nSPS) is 15.9. The first-order valence-electron chi connectivity index (χ1n) is 7.21. The van der Waals surface area contributed by atoms with E-state index in [0.717, 1.165) is 31.7 Å². The fourth-order valence-electron chi connectivity index (χ4n) is 2.43. The molecular weight excluding hydrogens is 284 g/mol. The van der Waals surface area contributed by atoms with Gasteiger partial charge in [-0.05, 0) is 25.2 Å². The van der Waals surface area contributed by atoms with Crippen molar-refractivity contribution in [2.45, 2.75) is 0 Å². The fourth-order valence-corrected chi connectivity index (χ4v) is 2.43. The van der Waals surface area contributed by atoms with Gasteiger partial charge in [-0.3, -0.25) is 0 Å². The van der Waals surface area contributed by atoms with Crippen molar-refractivity contribution in [1.82, 2.24) is 15.0 Å². The lowest BCUT2D eigenvalue weighted by atomic mass is 10.2. The molecule has 0 spiro atoms. The summed E-state index contributed by atoms with van der Waals surface area (Å²) in [6.07, 6.45) is 0. The molecule has 0 unspecified atom stereocenters. The Hall–Kier alpha value is -2.28. The molecule has 0 aliphatic carbocycles. The predicted octanol–water partition coefficient (Wildman–Crippen LogP) is 1.51. The summed E-state index contributed by atoms with van der Waals surface area (Å²) in [5, 5.41) is 4.07. The van der Waals surface area contributed by atoms with Crippen LogP contribution in [-0.2, 0) is 0 Å². The van der Waals surface area contributed by atoms with Crippen molar-refractivity contribution >= 4 is 6.01 Å². The summed E-state index contributed by atoms with van der Waals surface area (Å²) in [7, 11) is 5.32. The quantitative estimate of drug-likeness (QED) is 0.848. The van der Waals surface area contributed by atoms with Crippen molar-refractivity contribution in [1.29, 1.82) is 0 Å². The minimum absolute atomic E-state index is 0.551. The third kappa shape index (κ3) is 2.85. The minimum Gasteiger partial charge on any atom is -0.493 e. The second-order valence-corrected chi connectivity index (χ2v) is 5.26. The zero-order valence-corrected chi connectivity index (χ0v) is 13.1. The third-order valence-electron chi connectivity index (χ3n) is 3.83. The van der Waals surface area contributed by atoms with Gasteiger partial charge in [-0.25, -0.2) is 0 Å². The molecule has 0 saturated carbocycles. The summed E-state index contributed by atoms with van der Waals surface area (Å²) in [6, 6.07) is 6.13. The van der Waals surface area contributed by atoms with Crippen LogP contribution in [0.25, 0.3) is 11.4 Å². The number of anilines is 1. The number of rotatable bonds is 4. The molecule has 1 aliphatic rings. The zero-order valence-electron chi connectivity index (χ0n) is 13.1. The standard InChI is InChI=1S/C15H20N4O3/c1-18-6-8-19(9-7-18)15-16-14(17-22-15)11-4-5-12(20-2)13(10-11)21-3/h4-5,10H,6-9H2,1-3H3. The van der Waals surface area contributed by atoms with Crippen LogP contribution in [0.2, 0.25) is 0 Å². The fraction of sp³-hybridized carbons (Fsp3) is 0.467. The van der Waals surface area contributed by atoms with Gasteiger partial charge in [0.1, 0.15) is 0 Å². The molecule has 7 heteroatoms. The van der Waals surface area contributed by atoms with E-state index in [4.69, 9.17) is 14.0 Å². The Kier molecular flexibility index (Phi) is 4.15. The van der Waals surface area contributed by atoms with Gasteiger partial charge in [0.2, 0.25) is 5.82 Å². The van der Waals surface area contributed by atoms with Gasteiger partial charge in [0.15, 0.2) is 11.5 Å². The molecule has 1 fully saturated rings. The second-order valence-electron chi connectivity index (χ2n) is 5.26. The van der Waals surface area contributed by atoms with Crippen molar-refractivity contribution < 1.29 is 14.0 Å². The Bertz CT molecular complexity index is 635. The van der Waals surface area contributed by atoms with E-state index in [9.17, 15) is 0 Å². The first kappa shape index (κ1) is 14.6. The van der Waals surface area contributed by atoms with Crippen LogP contribution in [0.1, 0.15) is 0 Å². The first-order valence-corrected chi connectivity index (χ1v) is 7.21. The summed E-state index contributed by atoms with van der Waals surface area (Å²) in [6.45, 7) is 3.77.